The van der Waals surface area contributed by atoms with Crippen molar-refractivity contribution in [1.29, 1.82) is 0 Å². The number of aromatic nitrogens is 4. The topological polar surface area (TPSA) is 84.7 Å². The highest BCUT2D eigenvalue weighted by Crippen LogP contribution is 2.18. The molecule has 1 fully saturated rings. The largest absolute Gasteiger partial charge is 0.353 e. The maximum atomic E-state index is 12.5. The smallest absolute Gasteiger partial charge is 0.251 e. The Morgan fingerprint density at radius 3 is 2.62 bits per heavy atom. The third-order valence-corrected chi connectivity index (χ3v) is 4.93. The number of hydrogen-bond acceptors (Lipinski definition) is 5. The molecule has 1 aliphatic heterocycles. The predicted octanol–water partition coefficient (Wildman–Crippen LogP) is 1.70. The molecule has 0 aliphatic carbocycles. The molecule has 2 aromatic heterocycles. The lowest BCUT2D eigenvalue weighted by atomic mass is 10.00. The van der Waals surface area contributed by atoms with Crippen LogP contribution in [0.1, 0.15) is 48.1 Å². The molecule has 1 aliphatic rings. The zero-order valence-electron chi connectivity index (χ0n) is 16.3. The first kappa shape index (κ1) is 18.5. The Morgan fingerprint density at radius 1 is 1.27 bits per heavy atom. The zero-order chi connectivity index (χ0) is 18.8. The van der Waals surface area contributed by atoms with Crippen LogP contribution in [0.3, 0.4) is 0 Å². The molecule has 1 saturated heterocycles. The fourth-order valence-corrected chi connectivity index (χ4v) is 3.63. The van der Waals surface area contributed by atoms with Crippen LogP contribution in [0.5, 0.6) is 0 Å². The first-order chi connectivity index (χ1) is 12.3. The second-order valence-corrected chi connectivity index (χ2v) is 7.33. The van der Waals surface area contributed by atoms with Crippen molar-refractivity contribution in [3.05, 3.63) is 34.4 Å². The van der Waals surface area contributed by atoms with E-state index in [2.05, 4.69) is 32.6 Å². The third-order valence-electron chi connectivity index (χ3n) is 4.93. The number of carbonyl (C=O) groups is 1. The van der Waals surface area contributed by atoms with Crippen molar-refractivity contribution in [3.8, 4) is 5.95 Å². The van der Waals surface area contributed by atoms with Gasteiger partial charge in [0.15, 0.2) is 0 Å². The van der Waals surface area contributed by atoms with Crippen LogP contribution in [0.15, 0.2) is 6.07 Å². The van der Waals surface area contributed by atoms with Gasteiger partial charge in [-0.15, -0.1) is 0 Å². The van der Waals surface area contributed by atoms with Crippen molar-refractivity contribution >= 4 is 5.91 Å². The Bertz CT molecular complexity index is 792. The second kappa shape index (κ2) is 7.53. The van der Waals surface area contributed by atoms with Gasteiger partial charge in [0, 0.05) is 34.7 Å². The van der Waals surface area contributed by atoms with E-state index in [4.69, 9.17) is 0 Å². The molecule has 2 atom stereocenters. The van der Waals surface area contributed by atoms with Crippen LogP contribution in [0, 0.1) is 27.7 Å². The molecule has 1 amide bonds. The molecule has 0 spiro atoms. The van der Waals surface area contributed by atoms with Gasteiger partial charge in [-0.2, -0.15) is 5.10 Å². The summed E-state index contributed by atoms with van der Waals surface area (Å²) in [5, 5.41) is 11.2. The van der Waals surface area contributed by atoms with Crippen LogP contribution in [-0.4, -0.2) is 44.3 Å². The Labute approximate surface area is 154 Å². The van der Waals surface area contributed by atoms with Crippen LogP contribution in [-0.2, 0) is 11.2 Å². The van der Waals surface area contributed by atoms with Crippen LogP contribution < -0.4 is 10.6 Å². The Morgan fingerprint density at radius 2 is 1.96 bits per heavy atom. The van der Waals surface area contributed by atoms with Crippen molar-refractivity contribution in [2.45, 2.75) is 66.0 Å². The molecule has 2 aromatic rings. The van der Waals surface area contributed by atoms with Crippen molar-refractivity contribution in [2.75, 3.05) is 6.54 Å². The molecule has 3 rings (SSSR count). The minimum Gasteiger partial charge on any atom is -0.353 e. The number of piperidine rings is 1. The average molecular weight is 356 g/mol. The minimum atomic E-state index is 0.0520. The fraction of sp³-hybridized carbons (Fsp3) is 0.579. The summed E-state index contributed by atoms with van der Waals surface area (Å²) in [4.78, 5) is 21.5. The van der Waals surface area contributed by atoms with Gasteiger partial charge < -0.3 is 10.6 Å². The van der Waals surface area contributed by atoms with Gasteiger partial charge >= 0.3 is 0 Å². The van der Waals surface area contributed by atoms with Gasteiger partial charge in [-0.25, -0.2) is 14.6 Å². The molecule has 3 heterocycles. The highest BCUT2D eigenvalue weighted by Gasteiger charge is 2.22. The average Bonchev–Trinajstić information content (AvgIpc) is 2.82. The first-order valence-corrected chi connectivity index (χ1v) is 9.24. The fourth-order valence-electron chi connectivity index (χ4n) is 3.63. The lowest BCUT2D eigenvalue weighted by Crippen LogP contribution is -2.47. The van der Waals surface area contributed by atoms with Crippen molar-refractivity contribution in [1.82, 2.24) is 30.4 Å². The minimum absolute atomic E-state index is 0.0520. The van der Waals surface area contributed by atoms with E-state index in [0.717, 1.165) is 47.7 Å². The Hall–Kier alpha value is -2.28. The van der Waals surface area contributed by atoms with Gasteiger partial charge in [0.1, 0.15) is 0 Å². The van der Waals surface area contributed by atoms with E-state index in [1.54, 1.807) is 4.68 Å². The van der Waals surface area contributed by atoms with Crippen LogP contribution in [0.2, 0.25) is 0 Å². The maximum Gasteiger partial charge on any atom is 0.251 e. The molecule has 0 bridgehead atoms. The Kier molecular flexibility index (Phi) is 5.36. The van der Waals surface area contributed by atoms with Crippen molar-refractivity contribution < 1.29 is 4.79 Å². The van der Waals surface area contributed by atoms with E-state index in [-0.39, 0.29) is 11.9 Å². The summed E-state index contributed by atoms with van der Waals surface area (Å²) in [6.45, 7) is 10.9. The summed E-state index contributed by atoms with van der Waals surface area (Å²) in [5.41, 5.74) is 4.52. The van der Waals surface area contributed by atoms with Crippen molar-refractivity contribution in [2.24, 2.45) is 0 Å². The van der Waals surface area contributed by atoms with E-state index in [1.165, 1.54) is 0 Å². The van der Waals surface area contributed by atoms with Crippen LogP contribution in [0.25, 0.3) is 5.95 Å². The molecule has 2 N–H and O–H groups in total. The summed E-state index contributed by atoms with van der Waals surface area (Å²) in [5.74, 6) is 0.609. The molecule has 7 heteroatoms. The van der Waals surface area contributed by atoms with E-state index >= 15 is 0 Å². The molecule has 7 nitrogen and oxygen atoms in total. The summed E-state index contributed by atoms with van der Waals surface area (Å²) >= 11 is 0. The predicted molar refractivity (Wildman–Crippen MR) is 100 cm³/mol. The highest BCUT2D eigenvalue weighted by molar-refractivity contribution is 5.79. The third kappa shape index (κ3) is 4.09. The maximum absolute atomic E-state index is 12.5. The molecule has 0 radical (unpaired) electrons. The highest BCUT2D eigenvalue weighted by atomic mass is 16.1. The van der Waals surface area contributed by atoms with Gasteiger partial charge in [-0.05, 0) is 60.1 Å². The lowest BCUT2D eigenvalue weighted by Gasteiger charge is -2.28. The second-order valence-electron chi connectivity index (χ2n) is 7.33. The number of nitrogens with zero attached hydrogens (tertiary/aromatic N) is 4. The quantitative estimate of drug-likeness (QED) is 0.871. The van der Waals surface area contributed by atoms with Gasteiger partial charge in [-0.3, -0.25) is 4.79 Å². The number of rotatable bonds is 4. The molecule has 140 valence electrons. The lowest BCUT2D eigenvalue weighted by molar-refractivity contribution is -0.121. The van der Waals surface area contributed by atoms with Gasteiger partial charge in [0.2, 0.25) is 5.91 Å². The summed E-state index contributed by atoms with van der Waals surface area (Å²) in [6.07, 6.45) is 2.28. The number of carbonyl (C=O) groups excluding carboxylic acids is 1. The summed E-state index contributed by atoms with van der Waals surface area (Å²) in [6, 6.07) is 2.63. The van der Waals surface area contributed by atoms with Gasteiger partial charge in [-0.1, -0.05) is 0 Å². The molecule has 0 aromatic carbocycles. The molecule has 26 heavy (non-hydrogen) atoms. The molecule has 0 saturated carbocycles. The van der Waals surface area contributed by atoms with E-state index in [9.17, 15) is 4.79 Å². The SMILES string of the molecule is Cc1cc(C)nc(-n2nc(C)c(CC(=O)NC3CCNC(C)C3)c2C)n1. The molecule has 2 unspecified atom stereocenters. The van der Waals surface area contributed by atoms with E-state index < -0.39 is 0 Å². The van der Waals surface area contributed by atoms with Crippen LogP contribution >= 0.6 is 0 Å². The number of hydrogen-bond donors (Lipinski definition) is 2. The van der Waals surface area contributed by atoms with Gasteiger partial charge in [0.25, 0.3) is 5.95 Å². The number of amides is 1. The number of nitrogens with one attached hydrogen (secondary N) is 2. The molecular formula is C19H28N6O. The van der Waals surface area contributed by atoms with Crippen LogP contribution in [0.4, 0.5) is 0 Å². The van der Waals surface area contributed by atoms with E-state index in [1.807, 2.05) is 33.8 Å². The Balaban J connectivity index is 1.76. The first-order valence-electron chi connectivity index (χ1n) is 9.24. The normalized spacial score (nSPS) is 20.2. The van der Waals surface area contributed by atoms with Gasteiger partial charge in [0.05, 0.1) is 12.1 Å². The number of aryl methyl sites for hydroxylation is 3. The summed E-state index contributed by atoms with van der Waals surface area (Å²) < 4.78 is 1.74. The van der Waals surface area contributed by atoms with E-state index in [0.29, 0.717) is 18.4 Å². The summed E-state index contributed by atoms with van der Waals surface area (Å²) in [7, 11) is 0. The monoisotopic (exact) mass is 356 g/mol. The molecular weight excluding hydrogens is 328 g/mol. The zero-order valence-corrected chi connectivity index (χ0v) is 16.3. The standard InChI is InChI=1S/C19H28N6O/c1-11-9-16(6-7-20-11)23-18(26)10-17-14(4)24-25(15(17)5)19-21-12(2)8-13(3)22-19/h8,11,16,20H,6-7,9-10H2,1-5H3,(H,23,26). The van der Waals surface area contributed by atoms with Crippen molar-refractivity contribution in [3.63, 3.8) is 0 Å².